The van der Waals surface area contributed by atoms with Gasteiger partial charge < -0.3 is 10.1 Å². The topological polar surface area (TPSA) is 75.7 Å². The molecule has 0 saturated carbocycles. The number of aryl methyl sites for hydroxylation is 1. The number of sulfonamides is 1. The highest BCUT2D eigenvalue weighted by atomic mass is 79.9. The number of nitrogens with one attached hydrogen (secondary N) is 1. The molecule has 26 heavy (non-hydrogen) atoms. The Morgan fingerprint density at radius 1 is 1.12 bits per heavy atom. The molecule has 1 aliphatic heterocycles. The number of ether oxygens (including phenoxy) is 1. The van der Waals surface area contributed by atoms with E-state index in [1.807, 2.05) is 0 Å². The molecule has 1 N–H and O–H groups in total. The summed E-state index contributed by atoms with van der Waals surface area (Å²) in [5, 5.41) is 2.76. The van der Waals surface area contributed by atoms with Gasteiger partial charge in [-0.1, -0.05) is 22.0 Å². The predicted molar refractivity (Wildman–Crippen MR) is 103 cm³/mol. The van der Waals surface area contributed by atoms with E-state index in [1.54, 1.807) is 43.3 Å². The van der Waals surface area contributed by atoms with Crippen LogP contribution < -0.4 is 5.32 Å². The van der Waals surface area contributed by atoms with Crippen LogP contribution in [0.4, 0.5) is 5.69 Å². The Bertz CT molecular complexity index is 907. The molecule has 0 radical (unpaired) electrons. The largest absolute Gasteiger partial charge is 0.379 e. The van der Waals surface area contributed by atoms with Crippen molar-refractivity contribution in [2.75, 3.05) is 31.6 Å². The second-order valence-electron chi connectivity index (χ2n) is 5.96. The van der Waals surface area contributed by atoms with Crippen molar-refractivity contribution in [2.45, 2.75) is 11.8 Å². The molecule has 8 heteroatoms. The third-order valence-corrected chi connectivity index (χ3v) is 6.71. The summed E-state index contributed by atoms with van der Waals surface area (Å²) < 4.78 is 33.3. The maximum Gasteiger partial charge on any atom is 0.255 e. The summed E-state index contributed by atoms with van der Waals surface area (Å²) in [5.41, 5.74) is 1.57. The highest BCUT2D eigenvalue weighted by molar-refractivity contribution is 9.10. The second kappa shape index (κ2) is 7.87. The summed E-state index contributed by atoms with van der Waals surface area (Å²) in [6, 6.07) is 11.8. The zero-order chi connectivity index (χ0) is 18.7. The molecule has 0 aromatic heterocycles. The summed E-state index contributed by atoms with van der Waals surface area (Å²) in [7, 11) is -3.63. The standard InChI is InChI=1S/C18H19BrN2O4S/c1-13-2-7-16(20-18(22)14-3-5-15(19)6-4-14)12-17(13)26(23,24)21-8-10-25-11-9-21/h2-7,12H,8-11H2,1H3,(H,20,22). The van der Waals surface area contributed by atoms with Gasteiger partial charge in [0.2, 0.25) is 10.0 Å². The van der Waals surface area contributed by atoms with Crippen LogP contribution in [0.2, 0.25) is 0 Å². The lowest BCUT2D eigenvalue weighted by Gasteiger charge is -2.26. The molecule has 1 saturated heterocycles. The molecule has 1 amide bonds. The average molecular weight is 439 g/mol. The van der Waals surface area contributed by atoms with E-state index in [0.717, 1.165) is 4.47 Å². The molecule has 138 valence electrons. The van der Waals surface area contributed by atoms with Crippen LogP contribution in [0.15, 0.2) is 51.8 Å². The van der Waals surface area contributed by atoms with Crippen molar-refractivity contribution < 1.29 is 17.9 Å². The van der Waals surface area contributed by atoms with Gasteiger partial charge in [-0.05, 0) is 48.9 Å². The quantitative estimate of drug-likeness (QED) is 0.795. The molecule has 1 fully saturated rings. The number of carbonyl (C=O) groups is 1. The smallest absolute Gasteiger partial charge is 0.255 e. The van der Waals surface area contributed by atoms with Gasteiger partial charge in [-0.25, -0.2) is 8.42 Å². The van der Waals surface area contributed by atoms with Crippen molar-refractivity contribution in [3.63, 3.8) is 0 Å². The normalized spacial score (nSPS) is 15.6. The monoisotopic (exact) mass is 438 g/mol. The third-order valence-electron chi connectivity index (χ3n) is 4.14. The Kier molecular flexibility index (Phi) is 5.76. The van der Waals surface area contributed by atoms with E-state index in [2.05, 4.69) is 21.2 Å². The van der Waals surface area contributed by atoms with Crippen LogP contribution in [0.25, 0.3) is 0 Å². The van der Waals surface area contributed by atoms with E-state index in [4.69, 9.17) is 4.74 Å². The first-order valence-electron chi connectivity index (χ1n) is 8.13. The summed E-state index contributed by atoms with van der Waals surface area (Å²) in [6.45, 7) is 3.18. The fourth-order valence-corrected chi connectivity index (χ4v) is 4.61. The van der Waals surface area contributed by atoms with Gasteiger partial charge in [-0.15, -0.1) is 0 Å². The Balaban J connectivity index is 1.85. The highest BCUT2D eigenvalue weighted by Crippen LogP contribution is 2.25. The minimum Gasteiger partial charge on any atom is -0.379 e. The molecular weight excluding hydrogens is 420 g/mol. The molecule has 3 rings (SSSR count). The average Bonchev–Trinajstić information content (AvgIpc) is 2.64. The molecule has 6 nitrogen and oxygen atoms in total. The third kappa shape index (κ3) is 4.15. The van der Waals surface area contributed by atoms with Crippen molar-refractivity contribution in [3.8, 4) is 0 Å². The molecule has 0 bridgehead atoms. The zero-order valence-corrected chi connectivity index (χ0v) is 16.6. The van der Waals surface area contributed by atoms with Crippen LogP contribution in [0.5, 0.6) is 0 Å². The summed E-state index contributed by atoms with van der Waals surface area (Å²) in [6.07, 6.45) is 0. The second-order valence-corrected chi connectivity index (χ2v) is 8.78. The first kappa shape index (κ1) is 19.0. The lowest BCUT2D eigenvalue weighted by Crippen LogP contribution is -2.40. The van der Waals surface area contributed by atoms with Gasteiger partial charge in [0.15, 0.2) is 0 Å². The van der Waals surface area contributed by atoms with Crippen molar-refractivity contribution in [1.82, 2.24) is 4.31 Å². The number of benzene rings is 2. The first-order valence-corrected chi connectivity index (χ1v) is 10.4. The highest BCUT2D eigenvalue weighted by Gasteiger charge is 2.28. The number of amides is 1. The van der Waals surface area contributed by atoms with Crippen molar-refractivity contribution in [2.24, 2.45) is 0 Å². The number of nitrogens with zero attached hydrogens (tertiary/aromatic N) is 1. The van der Waals surface area contributed by atoms with Gasteiger partial charge in [0, 0.05) is 28.8 Å². The van der Waals surface area contributed by atoms with E-state index in [-0.39, 0.29) is 10.8 Å². The van der Waals surface area contributed by atoms with E-state index in [1.165, 1.54) is 10.4 Å². The van der Waals surface area contributed by atoms with E-state index in [0.29, 0.717) is 43.1 Å². The number of carbonyl (C=O) groups excluding carboxylic acids is 1. The van der Waals surface area contributed by atoms with Crippen LogP contribution in [-0.4, -0.2) is 44.9 Å². The Morgan fingerprint density at radius 3 is 2.42 bits per heavy atom. The van der Waals surface area contributed by atoms with Crippen molar-refractivity contribution in [1.29, 1.82) is 0 Å². The summed E-state index contributed by atoms with van der Waals surface area (Å²) in [5.74, 6) is -0.295. The number of morpholine rings is 1. The first-order chi connectivity index (χ1) is 12.4. The molecule has 0 unspecified atom stereocenters. The zero-order valence-electron chi connectivity index (χ0n) is 14.2. The van der Waals surface area contributed by atoms with Crippen LogP contribution in [-0.2, 0) is 14.8 Å². The number of hydrogen-bond donors (Lipinski definition) is 1. The predicted octanol–water partition coefficient (Wildman–Crippen LogP) is 3.03. The number of anilines is 1. The Labute approximate surface area is 161 Å². The molecule has 1 heterocycles. The van der Waals surface area contributed by atoms with Crippen LogP contribution in [0, 0.1) is 6.92 Å². The molecule has 0 aliphatic carbocycles. The molecule has 1 aliphatic rings. The van der Waals surface area contributed by atoms with Gasteiger partial charge in [-0.2, -0.15) is 4.31 Å². The van der Waals surface area contributed by atoms with E-state index < -0.39 is 10.0 Å². The van der Waals surface area contributed by atoms with Crippen molar-refractivity contribution in [3.05, 3.63) is 58.1 Å². The Morgan fingerprint density at radius 2 is 1.77 bits per heavy atom. The summed E-state index contributed by atoms with van der Waals surface area (Å²) >= 11 is 3.33. The fraction of sp³-hybridized carbons (Fsp3) is 0.278. The van der Waals surface area contributed by atoms with Gasteiger partial charge in [0.05, 0.1) is 18.1 Å². The molecule has 2 aromatic carbocycles. The lowest BCUT2D eigenvalue weighted by molar-refractivity contribution is 0.0730. The number of halogens is 1. The van der Waals surface area contributed by atoms with Crippen LogP contribution in [0.1, 0.15) is 15.9 Å². The SMILES string of the molecule is Cc1ccc(NC(=O)c2ccc(Br)cc2)cc1S(=O)(=O)N1CCOCC1. The molecule has 0 spiro atoms. The Hall–Kier alpha value is -1.74. The van der Waals surface area contributed by atoms with E-state index in [9.17, 15) is 13.2 Å². The fourth-order valence-electron chi connectivity index (χ4n) is 2.69. The maximum atomic E-state index is 12.9. The minimum absolute atomic E-state index is 0.202. The molecule has 2 aromatic rings. The van der Waals surface area contributed by atoms with Gasteiger partial charge in [0.25, 0.3) is 5.91 Å². The maximum absolute atomic E-state index is 12.9. The van der Waals surface area contributed by atoms with Crippen LogP contribution in [0.3, 0.4) is 0 Å². The number of rotatable bonds is 4. The van der Waals surface area contributed by atoms with E-state index >= 15 is 0 Å². The van der Waals surface area contributed by atoms with Crippen molar-refractivity contribution >= 4 is 37.5 Å². The molecular formula is C18H19BrN2O4S. The molecule has 0 atom stereocenters. The van der Waals surface area contributed by atoms with Gasteiger partial charge in [-0.3, -0.25) is 4.79 Å². The van der Waals surface area contributed by atoms with Crippen LogP contribution >= 0.6 is 15.9 Å². The number of hydrogen-bond acceptors (Lipinski definition) is 4. The van der Waals surface area contributed by atoms with Gasteiger partial charge >= 0.3 is 0 Å². The minimum atomic E-state index is -3.63. The summed E-state index contributed by atoms with van der Waals surface area (Å²) in [4.78, 5) is 12.6. The van der Waals surface area contributed by atoms with Gasteiger partial charge in [0.1, 0.15) is 0 Å². The lowest BCUT2D eigenvalue weighted by atomic mass is 10.2.